The molecule has 0 amide bonds. The van der Waals surface area contributed by atoms with Crippen LogP contribution in [0.1, 0.15) is 62.6 Å². The van der Waals surface area contributed by atoms with Crippen LogP contribution in [0.4, 0.5) is 5.82 Å². The van der Waals surface area contributed by atoms with E-state index >= 15 is 0 Å². The van der Waals surface area contributed by atoms with Gasteiger partial charge in [0.15, 0.2) is 0 Å². The van der Waals surface area contributed by atoms with Gasteiger partial charge in [-0.3, -0.25) is 4.68 Å². The summed E-state index contributed by atoms with van der Waals surface area (Å²) in [7, 11) is 2.04. The van der Waals surface area contributed by atoms with Crippen LogP contribution < -0.4 is 5.73 Å². The number of nitrogens with two attached hydrogens (primary N) is 1. The molecule has 2 rings (SSSR count). The van der Waals surface area contributed by atoms with Crippen molar-refractivity contribution >= 4 is 5.82 Å². The maximum Gasteiger partial charge on any atom is 0.148 e. The minimum Gasteiger partial charge on any atom is -0.382 e. The monoisotopic (exact) mass is 221 g/mol. The van der Waals surface area contributed by atoms with Gasteiger partial charge in [-0.05, 0) is 19.3 Å². The van der Waals surface area contributed by atoms with E-state index < -0.39 is 0 Å². The molecule has 1 heterocycles. The molecule has 0 spiro atoms. The van der Waals surface area contributed by atoms with Gasteiger partial charge in [-0.1, -0.05) is 32.6 Å². The lowest BCUT2D eigenvalue weighted by Gasteiger charge is -2.16. The minimum absolute atomic E-state index is 0.687. The Labute approximate surface area is 98.0 Å². The molecule has 0 aromatic carbocycles. The Bertz CT molecular complexity index is 346. The lowest BCUT2D eigenvalue weighted by Crippen LogP contribution is -2.07. The second-order valence-corrected chi connectivity index (χ2v) is 4.91. The fourth-order valence-corrected chi connectivity index (χ4v) is 3.03. The molecule has 0 atom stereocenters. The first-order valence-electron chi connectivity index (χ1n) is 6.55. The molecular weight excluding hydrogens is 198 g/mol. The molecule has 1 aliphatic carbocycles. The van der Waals surface area contributed by atoms with E-state index in [1.54, 1.807) is 0 Å². The fraction of sp³-hybridized carbons (Fsp3) is 0.769. The largest absolute Gasteiger partial charge is 0.382 e. The highest BCUT2D eigenvalue weighted by atomic mass is 15.3. The van der Waals surface area contributed by atoms with Crippen LogP contribution in [0, 0.1) is 0 Å². The van der Waals surface area contributed by atoms with E-state index in [1.165, 1.54) is 49.8 Å². The summed E-state index contributed by atoms with van der Waals surface area (Å²) in [5.41, 5.74) is 8.66. The van der Waals surface area contributed by atoms with Crippen LogP contribution in [0.15, 0.2) is 0 Å². The van der Waals surface area contributed by atoms with Gasteiger partial charge >= 0.3 is 0 Å². The maximum absolute atomic E-state index is 5.97. The standard InChI is InChI=1S/C13H23N3/c1-3-11-12(16(2)15-13(11)14)10-8-6-4-5-7-9-10/h10H,3-9H2,1-2H3,(H2,14,15). The summed E-state index contributed by atoms with van der Waals surface area (Å²) in [5, 5.41) is 4.38. The molecule has 0 unspecified atom stereocenters. The quantitative estimate of drug-likeness (QED) is 0.780. The van der Waals surface area contributed by atoms with Gasteiger partial charge in [0.2, 0.25) is 0 Å². The Hall–Kier alpha value is -0.990. The second kappa shape index (κ2) is 4.89. The molecular formula is C13H23N3. The first-order chi connectivity index (χ1) is 7.74. The van der Waals surface area contributed by atoms with Gasteiger partial charge in [0.05, 0.1) is 0 Å². The van der Waals surface area contributed by atoms with Crippen molar-refractivity contribution in [3.63, 3.8) is 0 Å². The van der Waals surface area contributed by atoms with Gasteiger partial charge < -0.3 is 5.73 Å². The van der Waals surface area contributed by atoms with Crippen molar-refractivity contribution < 1.29 is 0 Å². The lowest BCUT2D eigenvalue weighted by molar-refractivity contribution is 0.537. The van der Waals surface area contributed by atoms with Crippen LogP contribution >= 0.6 is 0 Å². The normalized spacial score (nSPS) is 18.6. The molecule has 2 N–H and O–H groups in total. The van der Waals surface area contributed by atoms with Crippen LogP contribution in [0.2, 0.25) is 0 Å². The van der Waals surface area contributed by atoms with Gasteiger partial charge in [-0.15, -0.1) is 0 Å². The van der Waals surface area contributed by atoms with Crippen molar-refractivity contribution in [3.05, 3.63) is 11.3 Å². The fourth-order valence-electron chi connectivity index (χ4n) is 3.03. The summed E-state index contributed by atoms with van der Waals surface area (Å²) in [6.07, 6.45) is 9.14. The number of hydrogen-bond acceptors (Lipinski definition) is 2. The summed E-state index contributed by atoms with van der Waals surface area (Å²) in [6, 6.07) is 0. The van der Waals surface area contributed by atoms with Crippen molar-refractivity contribution in [2.45, 2.75) is 57.8 Å². The lowest BCUT2D eigenvalue weighted by atomic mass is 9.92. The topological polar surface area (TPSA) is 43.8 Å². The molecule has 0 saturated heterocycles. The van der Waals surface area contributed by atoms with Crippen molar-refractivity contribution in [1.29, 1.82) is 0 Å². The molecule has 90 valence electrons. The third kappa shape index (κ3) is 2.08. The minimum atomic E-state index is 0.687. The average molecular weight is 221 g/mol. The molecule has 0 aliphatic heterocycles. The molecule has 1 saturated carbocycles. The Kier molecular flexibility index (Phi) is 3.52. The number of nitrogens with zero attached hydrogens (tertiary/aromatic N) is 2. The molecule has 0 bridgehead atoms. The second-order valence-electron chi connectivity index (χ2n) is 4.91. The number of aryl methyl sites for hydroxylation is 1. The Morgan fingerprint density at radius 3 is 2.44 bits per heavy atom. The van der Waals surface area contributed by atoms with E-state index in [1.807, 2.05) is 11.7 Å². The third-order valence-electron chi connectivity index (χ3n) is 3.82. The van der Waals surface area contributed by atoms with E-state index in [0.29, 0.717) is 5.92 Å². The van der Waals surface area contributed by atoms with E-state index in [-0.39, 0.29) is 0 Å². The van der Waals surface area contributed by atoms with Gasteiger partial charge in [-0.2, -0.15) is 5.10 Å². The molecule has 0 radical (unpaired) electrons. The maximum atomic E-state index is 5.97. The van der Waals surface area contributed by atoms with Crippen LogP contribution in [-0.4, -0.2) is 9.78 Å². The highest BCUT2D eigenvalue weighted by Gasteiger charge is 2.22. The van der Waals surface area contributed by atoms with E-state index in [9.17, 15) is 0 Å². The molecule has 1 aromatic rings. The predicted molar refractivity (Wildman–Crippen MR) is 67.4 cm³/mol. The van der Waals surface area contributed by atoms with Crippen LogP contribution in [0.3, 0.4) is 0 Å². The number of nitrogen functional groups attached to an aromatic ring is 1. The van der Waals surface area contributed by atoms with Crippen molar-refractivity contribution in [2.24, 2.45) is 7.05 Å². The highest BCUT2D eigenvalue weighted by Crippen LogP contribution is 2.34. The van der Waals surface area contributed by atoms with Crippen molar-refractivity contribution in [3.8, 4) is 0 Å². The SMILES string of the molecule is CCc1c(N)nn(C)c1C1CCCCCC1. The molecule has 1 fully saturated rings. The van der Waals surface area contributed by atoms with Crippen LogP contribution in [0.25, 0.3) is 0 Å². The molecule has 3 nitrogen and oxygen atoms in total. The summed E-state index contributed by atoms with van der Waals surface area (Å²) >= 11 is 0. The zero-order chi connectivity index (χ0) is 11.5. The zero-order valence-corrected chi connectivity index (χ0v) is 10.5. The summed E-state index contributed by atoms with van der Waals surface area (Å²) in [4.78, 5) is 0. The molecule has 3 heteroatoms. The Morgan fingerprint density at radius 1 is 1.25 bits per heavy atom. The molecule has 1 aliphatic rings. The Morgan fingerprint density at radius 2 is 1.88 bits per heavy atom. The van der Waals surface area contributed by atoms with E-state index in [4.69, 9.17) is 5.73 Å². The predicted octanol–water partition coefficient (Wildman–Crippen LogP) is 3.00. The number of hydrogen-bond donors (Lipinski definition) is 1. The molecule has 1 aromatic heterocycles. The van der Waals surface area contributed by atoms with Crippen molar-refractivity contribution in [2.75, 3.05) is 5.73 Å². The van der Waals surface area contributed by atoms with E-state index in [2.05, 4.69) is 12.0 Å². The smallest absolute Gasteiger partial charge is 0.148 e. The number of rotatable bonds is 2. The Balaban J connectivity index is 2.29. The average Bonchev–Trinajstić information content (AvgIpc) is 2.48. The molecule has 16 heavy (non-hydrogen) atoms. The third-order valence-corrected chi connectivity index (χ3v) is 3.82. The summed E-state index contributed by atoms with van der Waals surface area (Å²) in [5.74, 6) is 1.43. The summed E-state index contributed by atoms with van der Waals surface area (Å²) < 4.78 is 2.02. The van der Waals surface area contributed by atoms with Gasteiger partial charge in [-0.25, -0.2) is 0 Å². The first kappa shape index (κ1) is 11.5. The van der Waals surface area contributed by atoms with Gasteiger partial charge in [0.25, 0.3) is 0 Å². The summed E-state index contributed by atoms with van der Waals surface area (Å²) in [6.45, 7) is 2.17. The van der Waals surface area contributed by atoms with Crippen LogP contribution in [0.5, 0.6) is 0 Å². The number of anilines is 1. The highest BCUT2D eigenvalue weighted by molar-refractivity contribution is 5.44. The van der Waals surface area contributed by atoms with Crippen LogP contribution in [-0.2, 0) is 13.5 Å². The van der Waals surface area contributed by atoms with E-state index in [0.717, 1.165) is 12.2 Å². The zero-order valence-electron chi connectivity index (χ0n) is 10.5. The van der Waals surface area contributed by atoms with Gasteiger partial charge in [0, 0.05) is 24.2 Å². The van der Waals surface area contributed by atoms with Crippen molar-refractivity contribution in [1.82, 2.24) is 9.78 Å². The number of aromatic nitrogens is 2. The van der Waals surface area contributed by atoms with Gasteiger partial charge in [0.1, 0.15) is 5.82 Å². The first-order valence-corrected chi connectivity index (χ1v) is 6.55.